The molecule has 0 saturated heterocycles. The minimum Gasteiger partial charge on any atom is -0.490 e. The van der Waals surface area contributed by atoms with Crippen LogP contribution < -0.4 is 9.47 Å². The van der Waals surface area contributed by atoms with Crippen LogP contribution >= 0.6 is 0 Å². The average Bonchev–Trinajstić information content (AvgIpc) is 2.40. The van der Waals surface area contributed by atoms with E-state index in [1.54, 1.807) is 6.07 Å². The van der Waals surface area contributed by atoms with Crippen molar-refractivity contribution in [3.63, 3.8) is 0 Å². The fraction of sp³-hybridized carbons (Fsp3) is 0.571. The third-order valence-electron chi connectivity index (χ3n) is 2.39. The fourth-order valence-corrected chi connectivity index (χ4v) is 1.53. The van der Waals surface area contributed by atoms with E-state index in [1.165, 1.54) is 0 Å². The number of hydrogen-bond donors (Lipinski definition) is 1. The van der Waals surface area contributed by atoms with Crippen molar-refractivity contribution in [3.8, 4) is 11.5 Å². The van der Waals surface area contributed by atoms with E-state index in [9.17, 15) is 0 Å². The second kappa shape index (κ2) is 8.78. The van der Waals surface area contributed by atoms with Gasteiger partial charge in [-0.3, -0.25) is 0 Å². The van der Waals surface area contributed by atoms with Gasteiger partial charge in [0, 0.05) is 19.6 Å². The number of aliphatic hydroxyl groups excluding tert-OH is 1. The van der Waals surface area contributed by atoms with Gasteiger partial charge in [-0.1, -0.05) is 6.07 Å². The van der Waals surface area contributed by atoms with Crippen molar-refractivity contribution in [2.75, 3.05) is 26.4 Å². The highest BCUT2D eigenvalue weighted by Gasteiger charge is 2.06. The number of rotatable bonds is 9. The lowest BCUT2D eigenvalue weighted by Gasteiger charge is -2.12. The Bertz CT molecular complexity index is 339. The molecule has 0 aromatic heterocycles. The van der Waals surface area contributed by atoms with Gasteiger partial charge in [0.05, 0.1) is 19.8 Å². The van der Waals surface area contributed by atoms with Gasteiger partial charge < -0.3 is 19.3 Å². The van der Waals surface area contributed by atoms with Gasteiger partial charge in [0.15, 0.2) is 11.5 Å². The third kappa shape index (κ3) is 4.94. The topological polar surface area (TPSA) is 47.9 Å². The van der Waals surface area contributed by atoms with Crippen molar-refractivity contribution < 1.29 is 19.3 Å². The van der Waals surface area contributed by atoms with Gasteiger partial charge in [0.1, 0.15) is 0 Å². The van der Waals surface area contributed by atoms with Crippen molar-refractivity contribution >= 4 is 0 Å². The van der Waals surface area contributed by atoms with E-state index in [4.69, 9.17) is 19.3 Å². The molecule has 0 unspecified atom stereocenters. The van der Waals surface area contributed by atoms with Crippen LogP contribution in [0.2, 0.25) is 0 Å². The van der Waals surface area contributed by atoms with Gasteiger partial charge in [0.25, 0.3) is 0 Å². The predicted molar refractivity (Wildman–Crippen MR) is 70.1 cm³/mol. The maximum absolute atomic E-state index is 9.08. The lowest BCUT2D eigenvalue weighted by atomic mass is 10.2. The van der Waals surface area contributed by atoms with Crippen LogP contribution in [0.3, 0.4) is 0 Å². The molecule has 0 aliphatic carbocycles. The zero-order valence-corrected chi connectivity index (χ0v) is 11.1. The summed E-state index contributed by atoms with van der Waals surface area (Å²) in [5, 5.41) is 9.08. The predicted octanol–water partition coefficient (Wildman–Crippen LogP) is 2.38. The van der Waals surface area contributed by atoms with Gasteiger partial charge in [0.2, 0.25) is 0 Å². The van der Waals surface area contributed by atoms with Gasteiger partial charge in [-0.05, 0) is 31.5 Å². The number of hydrogen-bond acceptors (Lipinski definition) is 4. The van der Waals surface area contributed by atoms with E-state index in [-0.39, 0.29) is 6.61 Å². The van der Waals surface area contributed by atoms with Crippen LogP contribution in [0.4, 0.5) is 0 Å². The summed E-state index contributed by atoms with van der Waals surface area (Å²) in [7, 11) is 0. The molecule has 102 valence electrons. The van der Waals surface area contributed by atoms with Crippen LogP contribution in [0.5, 0.6) is 11.5 Å². The Hall–Kier alpha value is -1.26. The van der Waals surface area contributed by atoms with Crippen molar-refractivity contribution in [2.45, 2.75) is 26.9 Å². The summed E-state index contributed by atoms with van der Waals surface area (Å²) >= 11 is 0. The Labute approximate surface area is 108 Å². The van der Waals surface area contributed by atoms with Crippen LogP contribution in [0.1, 0.15) is 25.8 Å². The van der Waals surface area contributed by atoms with Gasteiger partial charge in [-0.15, -0.1) is 0 Å². The molecular weight excluding hydrogens is 232 g/mol. The lowest BCUT2D eigenvalue weighted by Crippen LogP contribution is -2.04. The van der Waals surface area contributed by atoms with Gasteiger partial charge in [-0.25, -0.2) is 0 Å². The molecule has 0 atom stereocenters. The minimum absolute atomic E-state index is 0.00466. The fourth-order valence-electron chi connectivity index (χ4n) is 1.53. The van der Waals surface area contributed by atoms with E-state index < -0.39 is 0 Å². The third-order valence-corrected chi connectivity index (χ3v) is 2.39. The Morgan fingerprint density at radius 1 is 1.00 bits per heavy atom. The first-order chi connectivity index (χ1) is 8.81. The van der Waals surface area contributed by atoms with E-state index in [1.807, 2.05) is 26.0 Å². The van der Waals surface area contributed by atoms with Gasteiger partial charge in [-0.2, -0.15) is 0 Å². The molecule has 0 radical (unpaired) electrons. The van der Waals surface area contributed by atoms with E-state index in [0.29, 0.717) is 31.3 Å². The molecule has 4 heteroatoms. The zero-order chi connectivity index (χ0) is 13.2. The maximum Gasteiger partial charge on any atom is 0.161 e. The summed E-state index contributed by atoms with van der Waals surface area (Å²) in [6, 6.07) is 5.47. The van der Waals surface area contributed by atoms with Crippen molar-refractivity contribution in [1.82, 2.24) is 0 Å². The Morgan fingerprint density at radius 2 is 1.83 bits per heavy atom. The van der Waals surface area contributed by atoms with Crippen LogP contribution in [0, 0.1) is 0 Å². The highest BCUT2D eigenvalue weighted by Crippen LogP contribution is 2.28. The maximum atomic E-state index is 9.08. The first-order valence-corrected chi connectivity index (χ1v) is 6.38. The molecule has 4 nitrogen and oxygen atoms in total. The molecule has 0 aliphatic rings. The molecule has 1 aromatic carbocycles. The Morgan fingerprint density at radius 3 is 2.50 bits per heavy atom. The second-order valence-electron chi connectivity index (χ2n) is 3.77. The summed E-state index contributed by atoms with van der Waals surface area (Å²) in [5.74, 6) is 1.39. The monoisotopic (exact) mass is 254 g/mol. The standard InChI is InChI=1S/C14H22O4/c1-3-16-8-5-9-18-13-7-6-12(11-15)10-14(13)17-4-2/h6-7,10,15H,3-5,8-9,11H2,1-2H3. The summed E-state index contributed by atoms with van der Waals surface area (Å²) < 4.78 is 16.4. The highest BCUT2D eigenvalue weighted by atomic mass is 16.5. The smallest absolute Gasteiger partial charge is 0.161 e. The van der Waals surface area contributed by atoms with Crippen molar-refractivity contribution in [1.29, 1.82) is 0 Å². The van der Waals surface area contributed by atoms with E-state index in [2.05, 4.69) is 0 Å². The normalized spacial score (nSPS) is 10.4. The number of benzene rings is 1. The van der Waals surface area contributed by atoms with E-state index >= 15 is 0 Å². The summed E-state index contributed by atoms with van der Waals surface area (Å²) in [4.78, 5) is 0. The molecule has 1 rings (SSSR count). The Kier molecular flexibility index (Phi) is 7.22. The quantitative estimate of drug-likeness (QED) is 0.687. The molecule has 1 aromatic rings. The highest BCUT2D eigenvalue weighted by molar-refractivity contribution is 5.42. The number of aliphatic hydroxyl groups is 1. The summed E-state index contributed by atoms with van der Waals surface area (Å²) in [6.07, 6.45) is 0.848. The SMILES string of the molecule is CCOCCCOc1ccc(CO)cc1OCC. The molecule has 18 heavy (non-hydrogen) atoms. The van der Waals surface area contributed by atoms with Crippen molar-refractivity contribution in [2.24, 2.45) is 0 Å². The first-order valence-electron chi connectivity index (χ1n) is 6.38. The molecule has 0 heterocycles. The van der Waals surface area contributed by atoms with Gasteiger partial charge >= 0.3 is 0 Å². The molecule has 0 amide bonds. The van der Waals surface area contributed by atoms with Crippen LogP contribution in [0.15, 0.2) is 18.2 Å². The first kappa shape index (κ1) is 14.8. The van der Waals surface area contributed by atoms with Crippen LogP contribution in [-0.4, -0.2) is 31.5 Å². The molecule has 0 fully saturated rings. The van der Waals surface area contributed by atoms with Crippen LogP contribution in [0.25, 0.3) is 0 Å². The molecule has 0 bridgehead atoms. The molecule has 0 spiro atoms. The molecule has 0 saturated carbocycles. The van der Waals surface area contributed by atoms with E-state index in [0.717, 1.165) is 18.6 Å². The summed E-state index contributed by atoms with van der Waals surface area (Å²) in [6.45, 7) is 6.50. The second-order valence-corrected chi connectivity index (χ2v) is 3.77. The Balaban J connectivity index is 2.52. The molecule has 1 N–H and O–H groups in total. The minimum atomic E-state index is 0.00466. The largest absolute Gasteiger partial charge is 0.490 e. The molecular formula is C14H22O4. The average molecular weight is 254 g/mol. The lowest BCUT2D eigenvalue weighted by molar-refractivity contribution is 0.130. The van der Waals surface area contributed by atoms with Crippen LogP contribution in [-0.2, 0) is 11.3 Å². The zero-order valence-electron chi connectivity index (χ0n) is 11.1. The van der Waals surface area contributed by atoms with Crippen molar-refractivity contribution in [3.05, 3.63) is 23.8 Å². The summed E-state index contributed by atoms with van der Waals surface area (Å²) in [5.41, 5.74) is 0.820. The number of ether oxygens (including phenoxy) is 3. The molecule has 0 aliphatic heterocycles.